The fourth-order valence-corrected chi connectivity index (χ4v) is 2.02. The molecule has 0 aliphatic rings. The summed E-state index contributed by atoms with van der Waals surface area (Å²) >= 11 is 0. The molecule has 0 atom stereocenters. The lowest BCUT2D eigenvalue weighted by molar-refractivity contribution is 1.13. The van der Waals surface area contributed by atoms with Crippen LogP contribution in [0.3, 0.4) is 0 Å². The minimum Gasteiger partial charge on any atom is -0.378 e. The molecule has 0 fully saturated rings. The van der Waals surface area contributed by atoms with E-state index in [4.69, 9.17) is 0 Å². The summed E-state index contributed by atoms with van der Waals surface area (Å²) in [5, 5.41) is 1.05. The molecule has 0 aliphatic heterocycles. The highest BCUT2D eigenvalue weighted by atomic mass is 15.1. The normalized spacial score (nSPS) is 10.8. The van der Waals surface area contributed by atoms with Crippen LogP contribution in [0.2, 0.25) is 0 Å². The van der Waals surface area contributed by atoms with Gasteiger partial charge in [0.25, 0.3) is 0 Å². The van der Waals surface area contributed by atoms with E-state index in [-0.39, 0.29) is 0 Å². The van der Waals surface area contributed by atoms with Crippen molar-refractivity contribution in [1.29, 1.82) is 0 Å². The number of rotatable bonds is 2. The molecule has 0 amide bonds. The van der Waals surface area contributed by atoms with Crippen LogP contribution in [0, 0.1) is 0 Å². The molecule has 2 aromatic heterocycles. The Morgan fingerprint density at radius 3 is 2.50 bits per heavy atom. The molecule has 90 valence electrons. The van der Waals surface area contributed by atoms with Crippen molar-refractivity contribution in [2.75, 3.05) is 19.0 Å². The van der Waals surface area contributed by atoms with Crippen LogP contribution in [0.15, 0.2) is 42.9 Å². The number of H-pyrrole nitrogens is 1. The zero-order chi connectivity index (χ0) is 12.5. The van der Waals surface area contributed by atoms with Crippen LogP contribution >= 0.6 is 0 Å². The Balaban J connectivity index is 2.11. The van der Waals surface area contributed by atoms with Gasteiger partial charge >= 0.3 is 0 Å². The SMILES string of the molecule is CN(C)c1ccc(-c2ncnc3[nH]ccc23)cc1. The lowest BCUT2D eigenvalue weighted by Gasteiger charge is -2.12. The van der Waals surface area contributed by atoms with Crippen molar-refractivity contribution >= 4 is 16.7 Å². The molecule has 3 aromatic rings. The van der Waals surface area contributed by atoms with Crippen LogP contribution in [-0.4, -0.2) is 29.0 Å². The number of nitrogens with zero attached hydrogens (tertiary/aromatic N) is 3. The van der Waals surface area contributed by atoms with E-state index in [1.807, 2.05) is 26.4 Å². The largest absolute Gasteiger partial charge is 0.378 e. The third-order valence-electron chi connectivity index (χ3n) is 3.01. The van der Waals surface area contributed by atoms with Gasteiger partial charge in [-0.15, -0.1) is 0 Å². The third kappa shape index (κ3) is 1.72. The van der Waals surface area contributed by atoms with Gasteiger partial charge in [0.1, 0.15) is 12.0 Å². The molecule has 4 nitrogen and oxygen atoms in total. The van der Waals surface area contributed by atoms with Gasteiger partial charge in [-0.1, -0.05) is 12.1 Å². The maximum absolute atomic E-state index is 4.38. The van der Waals surface area contributed by atoms with Crippen molar-refractivity contribution in [3.63, 3.8) is 0 Å². The highest BCUT2D eigenvalue weighted by Crippen LogP contribution is 2.26. The van der Waals surface area contributed by atoms with E-state index in [2.05, 4.69) is 44.1 Å². The van der Waals surface area contributed by atoms with Gasteiger partial charge in [0.05, 0.1) is 5.69 Å². The molecule has 1 N–H and O–H groups in total. The van der Waals surface area contributed by atoms with Crippen molar-refractivity contribution in [2.24, 2.45) is 0 Å². The summed E-state index contributed by atoms with van der Waals surface area (Å²) in [6, 6.07) is 10.4. The number of fused-ring (bicyclic) bond motifs is 1. The summed E-state index contributed by atoms with van der Waals surface area (Å²) in [4.78, 5) is 13.8. The molecule has 2 heterocycles. The van der Waals surface area contributed by atoms with Crippen LogP contribution < -0.4 is 4.90 Å². The van der Waals surface area contributed by atoms with E-state index in [0.717, 1.165) is 22.3 Å². The summed E-state index contributed by atoms with van der Waals surface area (Å²) in [6.07, 6.45) is 3.48. The minimum atomic E-state index is 0.872. The molecular weight excluding hydrogens is 224 g/mol. The topological polar surface area (TPSA) is 44.8 Å². The van der Waals surface area contributed by atoms with Crippen molar-refractivity contribution < 1.29 is 0 Å². The fourth-order valence-electron chi connectivity index (χ4n) is 2.02. The highest BCUT2D eigenvalue weighted by molar-refractivity contribution is 5.90. The summed E-state index contributed by atoms with van der Waals surface area (Å²) in [7, 11) is 4.06. The van der Waals surface area contributed by atoms with E-state index >= 15 is 0 Å². The average Bonchev–Trinajstić information content (AvgIpc) is 2.87. The summed E-state index contributed by atoms with van der Waals surface area (Å²) in [5.74, 6) is 0. The Kier molecular flexibility index (Phi) is 2.48. The van der Waals surface area contributed by atoms with E-state index in [1.54, 1.807) is 6.33 Å². The second-order valence-corrected chi connectivity index (χ2v) is 4.40. The Hall–Kier alpha value is -2.36. The van der Waals surface area contributed by atoms with Gasteiger partial charge in [-0.05, 0) is 18.2 Å². The smallest absolute Gasteiger partial charge is 0.141 e. The molecule has 18 heavy (non-hydrogen) atoms. The lowest BCUT2D eigenvalue weighted by Crippen LogP contribution is -2.07. The quantitative estimate of drug-likeness (QED) is 0.746. The first-order valence-electron chi connectivity index (χ1n) is 5.81. The standard InChI is InChI=1S/C14H14N4/c1-18(2)11-5-3-10(4-6-11)13-12-7-8-15-14(12)17-9-16-13/h3-9H,1-2H3,(H,15,16,17). The molecule has 0 bridgehead atoms. The number of hydrogen-bond acceptors (Lipinski definition) is 3. The summed E-state index contributed by atoms with van der Waals surface area (Å²) in [6.45, 7) is 0. The number of hydrogen-bond donors (Lipinski definition) is 1. The third-order valence-corrected chi connectivity index (χ3v) is 3.01. The first-order valence-corrected chi connectivity index (χ1v) is 5.81. The molecular formula is C14H14N4. The maximum atomic E-state index is 4.38. The molecule has 0 saturated carbocycles. The summed E-state index contributed by atoms with van der Waals surface area (Å²) < 4.78 is 0. The Morgan fingerprint density at radius 2 is 1.78 bits per heavy atom. The van der Waals surface area contributed by atoms with E-state index in [1.165, 1.54) is 5.69 Å². The number of aromatic amines is 1. The first-order chi connectivity index (χ1) is 8.75. The van der Waals surface area contributed by atoms with E-state index in [9.17, 15) is 0 Å². The molecule has 0 saturated heterocycles. The van der Waals surface area contributed by atoms with E-state index < -0.39 is 0 Å². The minimum absolute atomic E-state index is 0.872. The van der Waals surface area contributed by atoms with Crippen molar-refractivity contribution in [1.82, 2.24) is 15.0 Å². The predicted octanol–water partition coefficient (Wildman–Crippen LogP) is 2.69. The lowest BCUT2D eigenvalue weighted by atomic mass is 10.1. The van der Waals surface area contributed by atoms with Gasteiger partial charge in [-0.3, -0.25) is 0 Å². The van der Waals surface area contributed by atoms with Gasteiger partial charge in [0.2, 0.25) is 0 Å². The molecule has 0 aliphatic carbocycles. The van der Waals surface area contributed by atoms with Gasteiger partial charge in [-0.25, -0.2) is 9.97 Å². The molecule has 0 unspecified atom stereocenters. The highest BCUT2D eigenvalue weighted by Gasteiger charge is 2.06. The van der Waals surface area contributed by atoms with Gasteiger partial charge in [0.15, 0.2) is 0 Å². The average molecular weight is 238 g/mol. The zero-order valence-electron chi connectivity index (χ0n) is 10.4. The van der Waals surface area contributed by atoms with Crippen LogP contribution in [0.25, 0.3) is 22.3 Å². The number of benzene rings is 1. The maximum Gasteiger partial charge on any atom is 0.141 e. The first kappa shape index (κ1) is 10.8. The second-order valence-electron chi connectivity index (χ2n) is 4.40. The monoisotopic (exact) mass is 238 g/mol. The number of aromatic nitrogens is 3. The Morgan fingerprint density at radius 1 is 1.00 bits per heavy atom. The van der Waals surface area contributed by atoms with Crippen molar-refractivity contribution in [3.05, 3.63) is 42.9 Å². The number of nitrogens with one attached hydrogen (secondary N) is 1. The second kappa shape index (κ2) is 4.14. The predicted molar refractivity (Wildman–Crippen MR) is 73.7 cm³/mol. The van der Waals surface area contributed by atoms with Crippen molar-refractivity contribution in [3.8, 4) is 11.3 Å². The van der Waals surface area contributed by atoms with Crippen LogP contribution in [0.4, 0.5) is 5.69 Å². The molecule has 1 aromatic carbocycles. The molecule has 4 heteroatoms. The van der Waals surface area contributed by atoms with Gasteiger partial charge < -0.3 is 9.88 Å². The molecule has 0 spiro atoms. The number of anilines is 1. The van der Waals surface area contributed by atoms with Crippen molar-refractivity contribution in [2.45, 2.75) is 0 Å². The Labute approximate surface area is 105 Å². The molecule has 3 rings (SSSR count). The zero-order valence-corrected chi connectivity index (χ0v) is 10.4. The Bertz CT molecular complexity index is 668. The van der Waals surface area contributed by atoms with Crippen LogP contribution in [-0.2, 0) is 0 Å². The van der Waals surface area contributed by atoms with E-state index in [0.29, 0.717) is 0 Å². The van der Waals surface area contributed by atoms with Gasteiger partial charge in [-0.2, -0.15) is 0 Å². The van der Waals surface area contributed by atoms with Gasteiger partial charge in [0, 0.05) is 36.9 Å². The van der Waals surface area contributed by atoms with Crippen LogP contribution in [0.1, 0.15) is 0 Å². The molecule has 0 radical (unpaired) electrons. The summed E-state index contributed by atoms with van der Waals surface area (Å²) in [5.41, 5.74) is 4.12. The van der Waals surface area contributed by atoms with Crippen LogP contribution in [0.5, 0.6) is 0 Å². The fraction of sp³-hybridized carbons (Fsp3) is 0.143.